The molecule has 3 nitrogen and oxygen atoms in total. The van der Waals surface area contributed by atoms with Crippen LogP contribution in [0, 0.1) is 29.6 Å². The maximum absolute atomic E-state index is 12.1. The molecule has 2 aliphatic rings. The van der Waals surface area contributed by atoms with Crippen molar-refractivity contribution in [2.45, 2.75) is 46.0 Å². The minimum Gasteiger partial charge on any atom is -0.356 e. The van der Waals surface area contributed by atoms with Gasteiger partial charge in [0.25, 0.3) is 0 Å². The highest BCUT2D eigenvalue weighted by Crippen LogP contribution is 2.48. The molecule has 18 heavy (non-hydrogen) atoms. The normalized spacial score (nSPS) is 21.4. The van der Waals surface area contributed by atoms with Gasteiger partial charge in [0.1, 0.15) is 0 Å². The summed E-state index contributed by atoms with van der Waals surface area (Å²) in [5.41, 5.74) is 5.71. The van der Waals surface area contributed by atoms with Crippen LogP contribution in [0.25, 0.3) is 0 Å². The number of hydrogen-bond acceptors (Lipinski definition) is 2. The number of carbonyl (C=O) groups excluding carboxylic acids is 1. The van der Waals surface area contributed by atoms with Gasteiger partial charge in [-0.2, -0.15) is 0 Å². The Balaban J connectivity index is 1.74. The molecule has 2 fully saturated rings. The second kappa shape index (κ2) is 6.05. The van der Waals surface area contributed by atoms with E-state index in [1.807, 2.05) is 0 Å². The summed E-state index contributed by atoms with van der Waals surface area (Å²) in [5.74, 6) is 3.28. The molecule has 2 aliphatic carbocycles. The Bertz CT molecular complexity index is 270. The predicted octanol–water partition coefficient (Wildman–Crippen LogP) is 2.16. The van der Waals surface area contributed by atoms with Crippen LogP contribution in [0.15, 0.2) is 0 Å². The average molecular weight is 252 g/mol. The van der Waals surface area contributed by atoms with Crippen molar-refractivity contribution in [3.8, 4) is 0 Å². The van der Waals surface area contributed by atoms with Crippen LogP contribution in [0.5, 0.6) is 0 Å². The molecule has 3 N–H and O–H groups in total. The molecule has 3 heteroatoms. The molecule has 2 saturated carbocycles. The van der Waals surface area contributed by atoms with Crippen molar-refractivity contribution >= 4 is 5.91 Å². The van der Waals surface area contributed by atoms with E-state index in [1.165, 1.54) is 25.7 Å². The maximum Gasteiger partial charge on any atom is 0.224 e. The van der Waals surface area contributed by atoms with Crippen molar-refractivity contribution in [1.82, 2.24) is 5.32 Å². The van der Waals surface area contributed by atoms with Crippen LogP contribution in [-0.2, 0) is 4.79 Å². The van der Waals surface area contributed by atoms with E-state index in [0.717, 1.165) is 30.7 Å². The molecule has 0 spiro atoms. The monoisotopic (exact) mass is 252 g/mol. The van der Waals surface area contributed by atoms with E-state index < -0.39 is 0 Å². The van der Waals surface area contributed by atoms with Crippen LogP contribution >= 0.6 is 0 Å². The van der Waals surface area contributed by atoms with Gasteiger partial charge in [-0.15, -0.1) is 0 Å². The minimum absolute atomic E-state index is 0.00376. The summed E-state index contributed by atoms with van der Waals surface area (Å²) in [6, 6.07) is 0. The molecule has 2 rings (SSSR count). The van der Waals surface area contributed by atoms with Gasteiger partial charge in [0.15, 0.2) is 0 Å². The van der Waals surface area contributed by atoms with Crippen molar-refractivity contribution in [1.29, 1.82) is 0 Å². The van der Waals surface area contributed by atoms with Gasteiger partial charge in [0.2, 0.25) is 5.91 Å². The van der Waals surface area contributed by atoms with Crippen LogP contribution in [0.2, 0.25) is 0 Å². The molecular weight excluding hydrogens is 224 g/mol. The molecule has 0 aromatic carbocycles. The lowest BCUT2D eigenvalue weighted by atomic mass is 9.95. The van der Waals surface area contributed by atoms with Gasteiger partial charge < -0.3 is 11.1 Å². The maximum atomic E-state index is 12.1. The molecule has 0 aliphatic heterocycles. The van der Waals surface area contributed by atoms with Crippen molar-refractivity contribution in [3.63, 3.8) is 0 Å². The number of nitrogens with one attached hydrogen (secondary N) is 1. The number of amides is 1. The second-order valence-electron chi connectivity index (χ2n) is 6.65. The molecule has 0 aromatic heterocycles. The van der Waals surface area contributed by atoms with E-state index in [4.69, 9.17) is 5.73 Å². The van der Waals surface area contributed by atoms with Gasteiger partial charge in [0, 0.05) is 13.1 Å². The quantitative estimate of drug-likeness (QED) is 0.695. The molecule has 0 saturated heterocycles. The molecule has 0 heterocycles. The third-order valence-electron chi connectivity index (χ3n) is 4.38. The molecule has 0 aromatic rings. The van der Waals surface area contributed by atoms with E-state index in [9.17, 15) is 4.79 Å². The van der Waals surface area contributed by atoms with Gasteiger partial charge in [0.05, 0.1) is 5.92 Å². The molecule has 0 radical (unpaired) electrons. The summed E-state index contributed by atoms with van der Waals surface area (Å²) in [6.07, 6.45) is 6.42. The first-order chi connectivity index (χ1) is 8.61. The lowest BCUT2D eigenvalue weighted by Gasteiger charge is -2.20. The van der Waals surface area contributed by atoms with Gasteiger partial charge in [-0.1, -0.05) is 13.8 Å². The van der Waals surface area contributed by atoms with E-state index >= 15 is 0 Å². The zero-order valence-electron chi connectivity index (χ0n) is 11.8. The predicted molar refractivity (Wildman–Crippen MR) is 73.9 cm³/mol. The number of rotatable bonds is 8. The topological polar surface area (TPSA) is 55.1 Å². The standard InChI is InChI=1S/C15H28N2O/c1-10(2)7-13(8-16)15(18)17-9-14(11-3-4-11)12-5-6-12/h10-14H,3-9,16H2,1-2H3,(H,17,18). The molecule has 0 bridgehead atoms. The zero-order chi connectivity index (χ0) is 13.1. The van der Waals surface area contributed by atoms with Crippen LogP contribution in [-0.4, -0.2) is 19.0 Å². The fourth-order valence-corrected chi connectivity index (χ4v) is 3.01. The van der Waals surface area contributed by atoms with Crippen molar-refractivity contribution in [2.24, 2.45) is 35.3 Å². The molecule has 1 unspecified atom stereocenters. The van der Waals surface area contributed by atoms with Crippen LogP contribution < -0.4 is 11.1 Å². The third-order valence-corrected chi connectivity index (χ3v) is 4.38. The lowest BCUT2D eigenvalue weighted by molar-refractivity contribution is -0.125. The Morgan fingerprint density at radius 2 is 1.78 bits per heavy atom. The first kappa shape index (κ1) is 13.9. The van der Waals surface area contributed by atoms with E-state index in [-0.39, 0.29) is 11.8 Å². The largest absolute Gasteiger partial charge is 0.356 e. The van der Waals surface area contributed by atoms with Crippen LogP contribution in [0.4, 0.5) is 0 Å². The Kier molecular flexibility index (Phi) is 4.66. The SMILES string of the molecule is CC(C)CC(CN)C(=O)NCC(C1CC1)C1CC1. The Morgan fingerprint density at radius 3 is 2.17 bits per heavy atom. The van der Waals surface area contributed by atoms with E-state index in [1.54, 1.807) is 0 Å². The Morgan fingerprint density at radius 1 is 1.22 bits per heavy atom. The molecule has 104 valence electrons. The second-order valence-corrected chi connectivity index (χ2v) is 6.65. The average Bonchev–Trinajstić information content (AvgIpc) is 3.16. The number of carbonyl (C=O) groups is 1. The van der Waals surface area contributed by atoms with Gasteiger partial charge in [-0.05, 0) is 55.8 Å². The summed E-state index contributed by atoms with van der Waals surface area (Å²) in [5, 5.41) is 3.16. The van der Waals surface area contributed by atoms with Gasteiger partial charge in [-0.3, -0.25) is 4.79 Å². The first-order valence-corrected chi connectivity index (χ1v) is 7.59. The number of hydrogen-bond donors (Lipinski definition) is 2. The Hall–Kier alpha value is -0.570. The molecule has 1 atom stereocenters. The van der Waals surface area contributed by atoms with Crippen molar-refractivity contribution in [3.05, 3.63) is 0 Å². The molecular formula is C15H28N2O. The van der Waals surface area contributed by atoms with Crippen molar-refractivity contribution < 1.29 is 4.79 Å². The van der Waals surface area contributed by atoms with E-state index in [2.05, 4.69) is 19.2 Å². The lowest BCUT2D eigenvalue weighted by Crippen LogP contribution is -2.39. The summed E-state index contributed by atoms with van der Waals surface area (Å²) in [6.45, 7) is 5.66. The third kappa shape index (κ3) is 3.98. The van der Waals surface area contributed by atoms with Gasteiger partial charge in [-0.25, -0.2) is 0 Å². The Labute approximate surface area is 111 Å². The summed E-state index contributed by atoms with van der Waals surface area (Å²) >= 11 is 0. The first-order valence-electron chi connectivity index (χ1n) is 7.59. The minimum atomic E-state index is 0.00376. The summed E-state index contributed by atoms with van der Waals surface area (Å²) in [4.78, 5) is 12.1. The zero-order valence-corrected chi connectivity index (χ0v) is 11.8. The fourth-order valence-electron chi connectivity index (χ4n) is 3.01. The molecule has 1 amide bonds. The summed E-state index contributed by atoms with van der Waals surface area (Å²) in [7, 11) is 0. The highest BCUT2D eigenvalue weighted by molar-refractivity contribution is 5.78. The fraction of sp³-hybridized carbons (Fsp3) is 0.933. The highest BCUT2D eigenvalue weighted by atomic mass is 16.1. The van der Waals surface area contributed by atoms with Crippen LogP contribution in [0.1, 0.15) is 46.0 Å². The van der Waals surface area contributed by atoms with Crippen LogP contribution in [0.3, 0.4) is 0 Å². The van der Waals surface area contributed by atoms with Gasteiger partial charge >= 0.3 is 0 Å². The van der Waals surface area contributed by atoms with E-state index in [0.29, 0.717) is 12.5 Å². The van der Waals surface area contributed by atoms with Crippen molar-refractivity contribution in [2.75, 3.05) is 13.1 Å². The smallest absolute Gasteiger partial charge is 0.224 e. The highest BCUT2D eigenvalue weighted by Gasteiger charge is 2.41. The summed E-state index contributed by atoms with van der Waals surface area (Å²) < 4.78 is 0. The number of nitrogens with two attached hydrogens (primary N) is 1.